The van der Waals surface area contributed by atoms with E-state index in [1.165, 1.54) is 70.9 Å². The van der Waals surface area contributed by atoms with Crippen molar-refractivity contribution in [1.29, 1.82) is 0 Å². The first-order valence-corrected chi connectivity index (χ1v) is 7.68. The van der Waals surface area contributed by atoms with E-state index in [4.69, 9.17) is 5.73 Å². The summed E-state index contributed by atoms with van der Waals surface area (Å²) in [4.78, 5) is 0. The molecule has 0 aliphatic carbocycles. The van der Waals surface area contributed by atoms with Gasteiger partial charge in [-0.25, -0.2) is 0 Å². The molecule has 3 N–H and O–H groups in total. The van der Waals surface area contributed by atoms with Crippen molar-refractivity contribution in [2.75, 3.05) is 19.6 Å². The van der Waals surface area contributed by atoms with Gasteiger partial charge in [0.05, 0.1) is 0 Å². The zero-order chi connectivity index (χ0) is 12.8. The van der Waals surface area contributed by atoms with Gasteiger partial charge in [-0.05, 0) is 44.8 Å². The lowest BCUT2D eigenvalue weighted by Crippen LogP contribution is -2.16. The second-order valence-corrected chi connectivity index (χ2v) is 5.55. The van der Waals surface area contributed by atoms with Gasteiger partial charge in [-0.1, -0.05) is 52.4 Å². The normalized spacial score (nSPS) is 11.3. The van der Waals surface area contributed by atoms with Gasteiger partial charge < -0.3 is 11.1 Å². The average molecular weight is 242 g/mol. The Kier molecular flexibility index (Phi) is 13.9. The van der Waals surface area contributed by atoms with Gasteiger partial charge in [-0.2, -0.15) is 0 Å². The molecule has 0 aromatic carbocycles. The number of hydrogen-bond donors (Lipinski definition) is 2. The van der Waals surface area contributed by atoms with Gasteiger partial charge >= 0.3 is 0 Å². The van der Waals surface area contributed by atoms with Gasteiger partial charge in [0.1, 0.15) is 0 Å². The fourth-order valence-electron chi connectivity index (χ4n) is 2.03. The summed E-state index contributed by atoms with van der Waals surface area (Å²) in [5.41, 5.74) is 5.45. The van der Waals surface area contributed by atoms with Crippen molar-refractivity contribution in [2.24, 2.45) is 11.7 Å². The van der Waals surface area contributed by atoms with Crippen LogP contribution in [0.1, 0.15) is 71.6 Å². The number of hydrogen-bond acceptors (Lipinski definition) is 2. The van der Waals surface area contributed by atoms with Gasteiger partial charge in [0, 0.05) is 0 Å². The van der Waals surface area contributed by atoms with Crippen molar-refractivity contribution >= 4 is 0 Å². The molecule has 0 heterocycles. The van der Waals surface area contributed by atoms with E-state index in [-0.39, 0.29) is 0 Å². The van der Waals surface area contributed by atoms with Gasteiger partial charge in [-0.3, -0.25) is 0 Å². The van der Waals surface area contributed by atoms with Crippen LogP contribution < -0.4 is 11.1 Å². The molecule has 0 radical (unpaired) electrons. The lowest BCUT2D eigenvalue weighted by Gasteiger charge is -2.06. The van der Waals surface area contributed by atoms with Gasteiger partial charge in [0.25, 0.3) is 0 Å². The minimum Gasteiger partial charge on any atom is -0.330 e. The lowest BCUT2D eigenvalue weighted by atomic mass is 10.0. The molecule has 0 aromatic rings. The van der Waals surface area contributed by atoms with E-state index in [0.29, 0.717) is 0 Å². The molecule has 0 aromatic heterocycles. The molecule has 0 saturated carbocycles. The summed E-state index contributed by atoms with van der Waals surface area (Å²) in [7, 11) is 0. The van der Waals surface area contributed by atoms with Crippen LogP contribution in [0, 0.1) is 5.92 Å². The fraction of sp³-hybridized carbons (Fsp3) is 1.00. The van der Waals surface area contributed by atoms with Gasteiger partial charge in [0.2, 0.25) is 0 Å². The maximum Gasteiger partial charge on any atom is -0.00489 e. The molecule has 2 nitrogen and oxygen atoms in total. The maximum absolute atomic E-state index is 5.45. The van der Waals surface area contributed by atoms with E-state index in [1.807, 2.05) is 0 Å². The molecule has 0 amide bonds. The van der Waals surface area contributed by atoms with Crippen LogP contribution in [0.3, 0.4) is 0 Å². The predicted molar refractivity (Wildman–Crippen MR) is 78.3 cm³/mol. The van der Waals surface area contributed by atoms with E-state index in [1.54, 1.807) is 0 Å². The van der Waals surface area contributed by atoms with Crippen LogP contribution in [0.4, 0.5) is 0 Å². The zero-order valence-corrected chi connectivity index (χ0v) is 12.1. The Morgan fingerprint density at radius 1 is 0.765 bits per heavy atom. The maximum atomic E-state index is 5.45. The Morgan fingerprint density at radius 2 is 1.29 bits per heavy atom. The van der Waals surface area contributed by atoms with E-state index >= 15 is 0 Å². The summed E-state index contributed by atoms with van der Waals surface area (Å²) in [6, 6.07) is 0. The predicted octanol–water partition coefficient (Wildman–Crippen LogP) is 3.70. The Morgan fingerprint density at radius 3 is 1.82 bits per heavy atom. The number of nitrogens with one attached hydrogen (secondary N) is 1. The van der Waals surface area contributed by atoms with Crippen molar-refractivity contribution in [3.05, 3.63) is 0 Å². The first-order chi connectivity index (χ1) is 8.27. The molecular formula is C15H34N2. The van der Waals surface area contributed by atoms with E-state index in [9.17, 15) is 0 Å². The third kappa shape index (κ3) is 15.9. The molecule has 0 saturated heterocycles. The third-order valence-electron chi connectivity index (χ3n) is 3.19. The summed E-state index contributed by atoms with van der Waals surface area (Å²) < 4.78 is 0. The smallest absolute Gasteiger partial charge is 0.00489 e. The molecule has 0 unspecified atom stereocenters. The van der Waals surface area contributed by atoms with Crippen LogP contribution in [0.5, 0.6) is 0 Å². The Bertz CT molecular complexity index is 135. The quantitative estimate of drug-likeness (QED) is 0.483. The highest BCUT2D eigenvalue weighted by atomic mass is 14.8. The molecule has 0 bridgehead atoms. The van der Waals surface area contributed by atoms with Gasteiger partial charge in [-0.15, -0.1) is 0 Å². The summed E-state index contributed by atoms with van der Waals surface area (Å²) in [6.07, 6.45) is 12.1. The van der Waals surface area contributed by atoms with E-state index < -0.39 is 0 Å². The summed E-state index contributed by atoms with van der Waals surface area (Å²) in [5, 5.41) is 3.53. The number of rotatable bonds is 13. The van der Waals surface area contributed by atoms with Crippen LogP contribution >= 0.6 is 0 Å². The molecule has 0 aliphatic heterocycles. The summed E-state index contributed by atoms with van der Waals surface area (Å²) >= 11 is 0. The third-order valence-corrected chi connectivity index (χ3v) is 3.19. The topological polar surface area (TPSA) is 38.0 Å². The first kappa shape index (κ1) is 16.9. The van der Waals surface area contributed by atoms with Crippen molar-refractivity contribution in [2.45, 2.75) is 71.6 Å². The molecule has 0 aliphatic rings. The highest BCUT2D eigenvalue weighted by molar-refractivity contribution is 4.52. The van der Waals surface area contributed by atoms with Gasteiger partial charge in [0.15, 0.2) is 0 Å². The van der Waals surface area contributed by atoms with Crippen molar-refractivity contribution < 1.29 is 0 Å². The first-order valence-electron chi connectivity index (χ1n) is 7.68. The number of nitrogens with two attached hydrogens (primary N) is 1. The summed E-state index contributed by atoms with van der Waals surface area (Å²) in [6.45, 7) is 7.87. The van der Waals surface area contributed by atoms with Crippen molar-refractivity contribution in [3.63, 3.8) is 0 Å². The van der Waals surface area contributed by atoms with Crippen LogP contribution in [-0.2, 0) is 0 Å². The molecule has 0 fully saturated rings. The van der Waals surface area contributed by atoms with Crippen LogP contribution in [0.25, 0.3) is 0 Å². The molecule has 104 valence electrons. The minimum atomic E-state index is 0.851. The summed E-state index contributed by atoms with van der Waals surface area (Å²) in [5.74, 6) is 0.877. The number of unbranched alkanes of at least 4 members (excludes halogenated alkanes) is 6. The van der Waals surface area contributed by atoms with E-state index in [2.05, 4.69) is 19.2 Å². The van der Waals surface area contributed by atoms with Crippen molar-refractivity contribution in [1.82, 2.24) is 5.32 Å². The lowest BCUT2D eigenvalue weighted by molar-refractivity contribution is 0.508. The highest BCUT2D eigenvalue weighted by Crippen LogP contribution is 2.08. The molecule has 0 rings (SSSR count). The molecule has 17 heavy (non-hydrogen) atoms. The molecule has 2 heteroatoms. The second-order valence-electron chi connectivity index (χ2n) is 5.55. The Labute approximate surface area is 109 Å². The Balaban J connectivity index is 2.89. The molecular weight excluding hydrogens is 208 g/mol. The Hall–Kier alpha value is -0.0800. The molecule has 0 atom stereocenters. The van der Waals surface area contributed by atoms with Crippen LogP contribution in [0.15, 0.2) is 0 Å². The SMILES string of the molecule is CC(C)CCCCCCNCCCCCCN. The second kappa shape index (κ2) is 14.0. The van der Waals surface area contributed by atoms with Crippen LogP contribution in [0.2, 0.25) is 0 Å². The monoisotopic (exact) mass is 242 g/mol. The highest BCUT2D eigenvalue weighted by Gasteiger charge is 1.94. The van der Waals surface area contributed by atoms with Crippen molar-refractivity contribution in [3.8, 4) is 0 Å². The fourth-order valence-corrected chi connectivity index (χ4v) is 2.03. The standard InChI is InChI=1S/C15H34N2/c1-15(2)11-7-3-5-9-13-17-14-10-6-4-8-12-16/h15,17H,3-14,16H2,1-2H3. The van der Waals surface area contributed by atoms with E-state index in [0.717, 1.165) is 12.5 Å². The molecule has 0 spiro atoms. The largest absolute Gasteiger partial charge is 0.330 e. The van der Waals surface area contributed by atoms with Crippen LogP contribution in [-0.4, -0.2) is 19.6 Å². The minimum absolute atomic E-state index is 0.851. The zero-order valence-electron chi connectivity index (χ0n) is 12.1. The average Bonchev–Trinajstić information content (AvgIpc) is 2.30.